The predicted molar refractivity (Wildman–Crippen MR) is 52.6 cm³/mol. The predicted octanol–water partition coefficient (Wildman–Crippen LogP) is 0.416. The lowest BCUT2D eigenvalue weighted by Gasteiger charge is -2.24. The summed E-state index contributed by atoms with van der Waals surface area (Å²) in [6.07, 6.45) is 3.98. The number of carboxylic acid groups (broad SMARTS) is 1. The first-order chi connectivity index (χ1) is 7.11. The van der Waals surface area contributed by atoms with Crippen molar-refractivity contribution in [3.63, 3.8) is 0 Å². The second-order valence-electron chi connectivity index (χ2n) is 4.05. The van der Waals surface area contributed by atoms with Gasteiger partial charge in [0.25, 0.3) is 0 Å². The zero-order valence-electron chi connectivity index (χ0n) is 8.40. The first-order valence-electron chi connectivity index (χ1n) is 5.15. The fourth-order valence-electron chi connectivity index (χ4n) is 2.35. The van der Waals surface area contributed by atoms with E-state index in [4.69, 9.17) is 10.8 Å². The van der Waals surface area contributed by atoms with Crippen LogP contribution >= 0.6 is 0 Å². The first kappa shape index (κ1) is 10.0. The van der Waals surface area contributed by atoms with E-state index >= 15 is 0 Å². The van der Waals surface area contributed by atoms with Gasteiger partial charge in [-0.15, -0.1) is 0 Å². The molecule has 5 heteroatoms. The van der Waals surface area contributed by atoms with E-state index in [-0.39, 0.29) is 29.8 Å². The van der Waals surface area contributed by atoms with Gasteiger partial charge in [0.1, 0.15) is 5.82 Å². The number of aliphatic carboxylic acids is 1. The van der Waals surface area contributed by atoms with Crippen LogP contribution in [0.1, 0.15) is 32.1 Å². The smallest absolute Gasteiger partial charge is 0.335 e. The minimum Gasteiger partial charge on any atom is -0.478 e. The van der Waals surface area contributed by atoms with Crippen LogP contribution in [0.2, 0.25) is 0 Å². The molecule has 5 nitrogen and oxygen atoms in total. The molecule has 3 N–H and O–H groups in total. The van der Waals surface area contributed by atoms with Gasteiger partial charge < -0.3 is 10.8 Å². The second-order valence-corrected chi connectivity index (χ2v) is 4.05. The SMILES string of the molecule is NC1=C(C(=O)O)CC(=O)N1C1CCCC1. The van der Waals surface area contributed by atoms with Gasteiger partial charge in [-0.3, -0.25) is 9.69 Å². The van der Waals surface area contributed by atoms with Crippen LogP contribution < -0.4 is 5.73 Å². The Hall–Kier alpha value is -1.52. The van der Waals surface area contributed by atoms with Crippen LogP contribution in [-0.2, 0) is 9.59 Å². The van der Waals surface area contributed by atoms with E-state index in [2.05, 4.69) is 0 Å². The Kier molecular flexibility index (Phi) is 2.38. The molecular weight excluding hydrogens is 196 g/mol. The minimum atomic E-state index is -1.08. The Labute approximate surface area is 87.5 Å². The van der Waals surface area contributed by atoms with Crippen molar-refractivity contribution in [2.75, 3.05) is 0 Å². The van der Waals surface area contributed by atoms with Gasteiger partial charge in [0.2, 0.25) is 5.91 Å². The number of nitrogens with zero attached hydrogens (tertiary/aromatic N) is 1. The highest BCUT2D eigenvalue weighted by molar-refractivity contribution is 5.99. The minimum absolute atomic E-state index is 0.0481. The molecule has 1 amide bonds. The van der Waals surface area contributed by atoms with Crippen molar-refractivity contribution in [1.82, 2.24) is 4.90 Å². The Balaban J connectivity index is 2.24. The molecular formula is C10H14N2O3. The molecule has 0 aromatic heterocycles. The monoisotopic (exact) mass is 210 g/mol. The fraction of sp³-hybridized carbons (Fsp3) is 0.600. The van der Waals surface area contributed by atoms with Gasteiger partial charge >= 0.3 is 5.97 Å². The van der Waals surface area contributed by atoms with E-state index in [0.717, 1.165) is 25.7 Å². The third-order valence-electron chi connectivity index (χ3n) is 3.11. The van der Waals surface area contributed by atoms with Crippen molar-refractivity contribution in [2.45, 2.75) is 38.1 Å². The molecule has 2 aliphatic rings. The standard InChI is InChI=1S/C10H14N2O3/c11-9-7(10(14)15)5-8(13)12(9)6-3-1-2-4-6/h6H,1-5,11H2,(H,14,15). The molecule has 0 unspecified atom stereocenters. The average Bonchev–Trinajstić information content (AvgIpc) is 2.73. The summed E-state index contributed by atoms with van der Waals surface area (Å²) in [5.41, 5.74) is 5.75. The van der Waals surface area contributed by atoms with Crippen LogP contribution in [0.3, 0.4) is 0 Å². The summed E-state index contributed by atoms with van der Waals surface area (Å²) in [7, 11) is 0. The number of rotatable bonds is 2. The number of carboxylic acids is 1. The maximum atomic E-state index is 11.6. The maximum absolute atomic E-state index is 11.6. The Morgan fingerprint density at radius 3 is 2.47 bits per heavy atom. The molecule has 1 heterocycles. The molecule has 0 aromatic carbocycles. The molecule has 2 rings (SSSR count). The lowest BCUT2D eigenvalue weighted by atomic mass is 10.2. The Bertz CT molecular complexity index is 343. The lowest BCUT2D eigenvalue weighted by Crippen LogP contribution is -2.37. The van der Waals surface area contributed by atoms with Crippen molar-refractivity contribution >= 4 is 11.9 Å². The molecule has 82 valence electrons. The number of hydrogen-bond acceptors (Lipinski definition) is 3. The molecule has 0 spiro atoms. The van der Waals surface area contributed by atoms with E-state index in [0.29, 0.717) is 0 Å². The highest BCUT2D eigenvalue weighted by Gasteiger charge is 2.37. The second kappa shape index (κ2) is 3.56. The van der Waals surface area contributed by atoms with Crippen LogP contribution in [0.5, 0.6) is 0 Å². The zero-order valence-corrected chi connectivity index (χ0v) is 8.40. The van der Waals surface area contributed by atoms with Gasteiger partial charge in [0.05, 0.1) is 12.0 Å². The largest absolute Gasteiger partial charge is 0.478 e. The third-order valence-corrected chi connectivity index (χ3v) is 3.11. The number of carbonyl (C=O) groups is 2. The van der Waals surface area contributed by atoms with E-state index in [1.807, 2.05) is 0 Å². The van der Waals surface area contributed by atoms with Crippen LogP contribution in [0.4, 0.5) is 0 Å². The van der Waals surface area contributed by atoms with E-state index in [1.165, 1.54) is 4.90 Å². The summed E-state index contributed by atoms with van der Waals surface area (Å²) < 4.78 is 0. The average molecular weight is 210 g/mol. The molecule has 15 heavy (non-hydrogen) atoms. The maximum Gasteiger partial charge on any atom is 0.335 e. The molecule has 1 fully saturated rings. The molecule has 0 bridgehead atoms. The zero-order chi connectivity index (χ0) is 11.0. The summed E-state index contributed by atoms with van der Waals surface area (Å²) in [6.45, 7) is 0. The van der Waals surface area contributed by atoms with Crippen LogP contribution in [-0.4, -0.2) is 27.9 Å². The molecule has 1 aliphatic carbocycles. The number of nitrogens with two attached hydrogens (primary N) is 1. The summed E-state index contributed by atoms with van der Waals surface area (Å²) >= 11 is 0. The highest BCUT2D eigenvalue weighted by Crippen LogP contribution is 2.31. The topological polar surface area (TPSA) is 83.6 Å². The third kappa shape index (κ3) is 1.58. The quantitative estimate of drug-likeness (QED) is 0.691. The van der Waals surface area contributed by atoms with Crippen molar-refractivity contribution in [1.29, 1.82) is 0 Å². The van der Waals surface area contributed by atoms with Gasteiger partial charge in [0, 0.05) is 6.04 Å². The number of carbonyl (C=O) groups excluding carboxylic acids is 1. The summed E-state index contributed by atoms with van der Waals surface area (Å²) in [5, 5.41) is 8.85. The normalized spacial score (nSPS) is 22.9. The Morgan fingerprint density at radius 1 is 1.40 bits per heavy atom. The molecule has 0 atom stereocenters. The molecule has 0 radical (unpaired) electrons. The molecule has 1 saturated carbocycles. The van der Waals surface area contributed by atoms with Crippen molar-refractivity contribution < 1.29 is 14.7 Å². The van der Waals surface area contributed by atoms with Crippen LogP contribution in [0.15, 0.2) is 11.4 Å². The molecule has 0 aromatic rings. The van der Waals surface area contributed by atoms with Crippen LogP contribution in [0, 0.1) is 0 Å². The summed E-state index contributed by atoms with van der Waals surface area (Å²) in [4.78, 5) is 23.9. The van der Waals surface area contributed by atoms with E-state index in [9.17, 15) is 9.59 Å². The van der Waals surface area contributed by atoms with Gasteiger partial charge in [-0.05, 0) is 12.8 Å². The van der Waals surface area contributed by atoms with Crippen molar-refractivity contribution in [3.05, 3.63) is 11.4 Å². The number of amides is 1. The van der Waals surface area contributed by atoms with Gasteiger partial charge in [-0.1, -0.05) is 12.8 Å². The molecule has 0 saturated heterocycles. The first-order valence-corrected chi connectivity index (χ1v) is 5.15. The van der Waals surface area contributed by atoms with E-state index < -0.39 is 5.97 Å². The van der Waals surface area contributed by atoms with Gasteiger partial charge in [0.15, 0.2) is 0 Å². The Morgan fingerprint density at radius 2 is 2.00 bits per heavy atom. The molecule has 1 aliphatic heterocycles. The fourth-order valence-corrected chi connectivity index (χ4v) is 2.35. The van der Waals surface area contributed by atoms with Gasteiger partial charge in [-0.25, -0.2) is 4.79 Å². The summed E-state index contributed by atoms with van der Waals surface area (Å²) in [5.74, 6) is -1.10. The van der Waals surface area contributed by atoms with E-state index in [1.54, 1.807) is 0 Å². The van der Waals surface area contributed by atoms with Crippen molar-refractivity contribution in [3.8, 4) is 0 Å². The highest BCUT2D eigenvalue weighted by atomic mass is 16.4. The number of hydrogen-bond donors (Lipinski definition) is 2. The van der Waals surface area contributed by atoms with Crippen molar-refractivity contribution in [2.24, 2.45) is 5.73 Å². The summed E-state index contributed by atoms with van der Waals surface area (Å²) in [6, 6.07) is 0.120. The van der Waals surface area contributed by atoms with Gasteiger partial charge in [-0.2, -0.15) is 0 Å². The van der Waals surface area contributed by atoms with Crippen LogP contribution in [0.25, 0.3) is 0 Å². The lowest BCUT2D eigenvalue weighted by molar-refractivity contribution is -0.134.